The van der Waals surface area contributed by atoms with Crippen molar-refractivity contribution in [3.8, 4) is 0 Å². The van der Waals surface area contributed by atoms with Crippen LogP contribution in [0.4, 0.5) is 0 Å². The van der Waals surface area contributed by atoms with Crippen molar-refractivity contribution in [2.24, 2.45) is 7.05 Å². The molecule has 128 valence electrons. The van der Waals surface area contributed by atoms with Gasteiger partial charge in [0.25, 0.3) is 5.91 Å². The first-order chi connectivity index (χ1) is 11.6. The zero-order chi connectivity index (χ0) is 16.7. The molecule has 1 atom stereocenters. The lowest BCUT2D eigenvalue weighted by Gasteiger charge is -2.15. The summed E-state index contributed by atoms with van der Waals surface area (Å²) in [6.45, 7) is 4.74. The van der Waals surface area contributed by atoms with Gasteiger partial charge >= 0.3 is 0 Å². The Hall–Kier alpha value is -2.15. The topological polar surface area (TPSA) is 76.2 Å². The van der Waals surface area contributed by atoms with Crippen LogP contribution >= 0.6 is 0 Å². The van der Waals surface area contributed by atoms with E-state index in [0.29, 0.717) is 11.6 Å². The zero-order valence-electron chi connectivity index (χ0n) is 14.2. The summed E-state index contributed by atoms with van der Waals surface area (Å²) in [6, 6.07) is 1.95. The molecule has 2 fully saturated rings. The van der Waals surface area contributed by atoms with Gasteiger partial charge in [0, 0.05) is 56.5 Å². The lowest BCUT2D eigenvalue weighted by Crippen LogP contribution is -2.37. The maximum absolute atomic E-state index is 12.3. The molecule has 2 aromatic heterocycles. The standard InChI is InChI=1S/C17H23N5O2/c1-11-13(8-21(2)19-11)9-22-6-5-14(10-22)18-17(23)15-7-16(24-20-15)12-3-4-12/h7-8,12,14H,3-6,9-10H2,1-2H3,(H,18,23). The molecule has 0 radical (unpaired) electrons. The summed E-state index contributed by atoms with van der Waals surface area (Å²) >= 11 is 0. The lowest BCUT2D eigenvalue weighted by molar-refractivity contribution is 0.0928. The fourth-order valence-electron chi connectivity index (χ4n) is 3.35. The Labute approximate surface area is 141 Å². The molecule has 1 saturated heterocycles. The van der Waals surface area contributed by atoms with E-state index >= 15 is 0 Å². The molecule has 1 amide bonds. The van der Waals surface area contributed by atoms with E-state index in [1.807, 2.05) is 18.7 Å². The Kier molecular flexibility index (Phi) is 3.88. The van der Waals surface area contributed by atoms with Crippen LogP contribution in [0.5, 0.6) is 0 Å². The molecule has 1 unspecified atom stereocenters. The third-order valence-electron chi connectivity index (χ3n) is 4.86. The number of carbonyl (C=O) groups is 1. The van der Waals surface area contributed by atoms with Crippen molar-refractivity contribution in [2.75, 3.05) is 13.1 Å². The van der Waals surface area contributed by atoms with Crippen LogP contribution in [0.15, 0.2) is 16.8 Å². The van der Waals surface area contributed by atoms with Crippen LogP contribution in [0.25, 0.3) is 0 Å². The molecule has 1 N–H and O–H groups in total. The van der Waals surface area contributed by atoms with Gasteiger partial charge < -0.3 is 9.84 Å². The quantitative estimate of drug-likeness (QED) is 0.902. The fraction of sp³-hybridized carbons (Fsp3) is 0.588. The highest BCUT2D eigenvalue weighted by Gasteiger charge is 2.30. The summed E-state index contributed by atoms with van der Waals surface area (Å²) in [5.41, 5.74) is 2.72. The minimum absolute atomic E-state index is 0.130. The van der Waals surface area contributed by atoms with Crippen LogP contribution in [-0.4, -0.2) is 44.9 Å². The van der Waals surface area contributed by atoms with E-state index in [2.05, 4.69) is 26.7 Å². The molecule has 7 heteroatoms. The summed E-state index contributed by atoms with van der Waals surface area (Å²) in [6.07, 6.45) is 5.30. The summed E-state index contributed by atoms with van der Waals surface area (Å²) in [7, 11) is 1.94. The second-order valence-corrected chi connectivity index (χ2v) is 7.00. The predicted octanol–water partition coefficient (Wildman–Crippen LogP) is 1.60. The summed E-state index contributed by atoms with van der Waals surface area (Å²) in [5.74, 6) is 1.19. The highest BCUT2D eigenvalue weighted by atomic mass is 16.5. The van der Waals surface area contributed by atoms with Crippen molar-refractivity contribution in [3.05, 3.63) is 35.0 Å². The number of aryl methyl sites for hydroxylation is 2. The maximum Gasteiger partial charge on any atom is 0.273 e. The molecule has 2 aliphatic rings. The number of rotatable bonds is 5. The van der Waals surface area contributed by atoms with Crippen LogP contribution < -0.4 is 5.32 Å². The van der Waals surface area contributed by atoms with Crippen LogP contribution in [0.3, 0.4) is 0 Å². The minimum atomic E-state index is -0.130. The van der Waals surface area contributed by atoms with Crippen LogP contribution in [-0.2, 0) is 13.6 Å². The summed E-state index contributed by atoms with van der Waals surface area (Å²) in [4.78, 5) is 14.7. The molecule has 7 nitrogen and oxygen atoms in total. The predicted molar refractivity (Wildman–Crippen MR) is 87.6 cm³/mol. The SMILES string of the molecule is Cc1nn(C)cc1CN1CCC(NC(=O)c2cc(C3CC3)on2)C1. The zero-order valence-corrected chi connectivity index (χ0v) is 14.2. The van der Waals surface area contributed by atoms with Crippen molar-refractivity contribution in [1.82, 2.24) is 25.2 Å². The van der Waals surface area contributed by atoms with Crippen molar-refractivity contribution >= 4 is 5.91 Å². The monoisotopic (exact) mass is 329 g/mol. The van der Waals surface area contributed by atoms with E-state index in [1.165, 1.54) is 5.56 Å². The van der Waals surface area contributed by atoms with Crippen LogP contribution in [0, 0.1) is 6.92 Å². The highest BCUT2D eigenvalue weighted by Crippen LogP contribution is 2.40. The second kappa shape index (κ2) is 6.05. The molecule has 0 aromatic carbocycles. The molecule has 2 aromatic rings. The van der Waals surface area contributed by atoms with E-state index in [-0.39, 0.29) is 11.9 Å². The first-order valence-electron chi connectivity index (χ1n) is 8.57. The molecule has 1 saturated carbocycles. The van der Waals surface area contributed by atoms with Crippen molar-refractivity contribution < 1.29 is 9.32 Å². The Morgan fingerprint density at radius 3 is 2.96 bits per heavy atom. The number of carbonyl (C=O) groups excluding carboxylic acids is 1. The number of likely N-dealkylation sites (tertiary alicyclic amines) is 1. The van der Waals surface area contributed by atoms with Gasteiger partial charge in [0.1, 0.15) is 5.76 Å². The number of nitrogens with zero attached hydrogens (tertiary/aromatic N) is 4. The Bertz CT molecular complexity index is 746. The summed E-state index contributed by atoms with van der Waals surface area (Å²) in [5, 5.41) is 11.4. The van der Waals surface area contributed by atoms with Crippen molar-refractivity contribution in [2.45, 2.75) is 44.7 Å². The second-order valence-electron chi connectivity index (χ2n) is 7.00. The van der Waals surface area contributed by atoms with Crippen LogP contribution in [0.1, 0.15) is 52.7 Å². The van der Waals surface area contributed by atoms with Gasteiger partial charge in [0.2, 0.25) is 0 Å². The van der Waals surface area contributed by atoms with Crippen molar-refractivity contribution in [3.63, 3.8) is 0 Å². The summed E-state index contributed by atoms with van der Waals surface area (Å²) < 4.78 is 7.11. The molecule has 1 aliphatic carbocycles. The molecular weight excluding hydrogens is 306 g/mol. The first kappa shape index (κ1) is 15.4. The average molecular weight is 329 g/mol. The van der Waals surface area contributed by atoms with Gasteiger partial charge in [-0.1, -0.05) is 5.16 Å². The van der Waals surface area contributed by atoms with Crippen LogP contribution in [0.2, 0.25) is 0 Å². The highest BCUT2D eigenvalue weighted by molar-refractivity contribution is 5.92. The number of amides is 1. The molecule has 24 heavy (non-hydrogen) atoms. The van der Waals surface area contributed by atoms with Crippen molar-refractivity contribution in [1.29, 1.82) is 0 Å². The van der Waals surface area contributed by atoms with E-state index < -0.39 is 0 Å². The Morgan fingerprint density at radius 2 is 2.25 bits per heavy atom. The number of nitrogens with one attached hydrogen (secondary N) is 1. The van der Waals surface area contributed by atoms with Gasteiger partial charge in [-0.15, -0.1) is 0 Å². The third kappa shape index (κ3) is 3.21. The van der Waals surface area contributed by atoms with Gasteiger partial charge in [-0.05, 0) is 26.2 Å². The van der Waals surface area contributed by atoms with E-state index in [9.17, 15) is 4.79 Å². The van der Waals surface area contributed by atoms with Gasteiger partial charge in [0.05, 0.1) is 5.69 Å². The smallest absolute Gasteiger partial charge is 0.273 e. The van der Waals surface area contributed by atoms with Gasteiger partial charge in [-0.2, -0.15) is 5.10 Å². The Morgan fingerprint density at radius 1 is 1.42 bits per heavy atom. The minimum Gasteiger partial charge on any atom is -0.360 e. The third-order valence-corrected chi connectivity index (χ3v) is 4.86. The molecule has 3 heterocycles. The largest absolute Gasteiger partial charge is 0.360 e. The molecular formula is C17H23N5O2. The Balaban J connectivity index is 1.31. The fourth-order valence-corrected chi connectivity index (χ4v) is 3.35. The van der Waals surface area contributed by atoms with Gasteiger partial charge in [0.15, 0.2) is 5.69 Å². The van der Waals surface area contributed by atoms with Gasteiger partial charge in [-0.25, -0.2) is 0 Å². The normalized spacial score (nSPS) is 21.3. The number of aromatic nitrogens is 3. The average Bonchev–Trinajstić information content (AvgIpc) is 2.96. The number of hydrogen-bond donors (Lipinski definition) is 1. The molecule has 4 rings (SSSR count). The van der Waals surface area contributed by atoms with E-state index in [1.54, 1.807) is 6.07 Å². The lowest BCUT2D eigenvalue weighted by atomic mass is 10.2. The van der Waals surface area contributed by atoms with E-state index in [4.69, 9.17) is 4.52 Å². The molecule has 0 bridgehead atoms. The maximum atomic E-state index is 12.3. The molecule has 1 aliphatic heterocycles. The molecule has 0 spiro atoms. The van der Waals surface area contributed by atoms with Gasteiger partial charge in [-0.3, -0.25) is 14.4 Å². The number of hydrogen-bond acceptors (Lipinski definition) is 5. The van der Waals surface area contributed by atoms with E-state index in [0.717, 1.165) is 50.4 Å². The first-order valence-corrected chi connectivity index (χ1v) is 8.57.